The molecule has 1 rings (SSSR count). The van der Waals surface area contributed by atoms with Gasteiger partial charge in [0.2, 0.25) is 11.8 Å². The maximum Gasteiger partial charge on any atom is 0.248 e. The summed E-state index contributed by atoms with van der Waals surface area (Å²) in [7, 11) is 0. The van der Waals surface area contributed by atoms with Crippen molar-refractivity contribution >= 4 is 11.8 Å². The van der Waals surface area contributed by atoms with Crippen molar-refractivity contribution in [2.24, 2.45) is 5.92 Å². The smallest absolute Gasteiger partial charge is 0.248 e. The fourth-order valence-electron chi connectivity index (χ4n) is 2.24. The minimum Gasteiger partial charge on any atom is -0.381 e. The predicted octanol–water partition coefficient (Wildman–Crippen LogP) is 1.57. The van der Waals surface area contributed by atoms with Crippen LogP contribution in [-0.4, -0.2) is 48.6 Å². The van der Waals surface area contributed by atoms with Gasteiger partial charge in [0.25, 0.3) is 0 Å². The molecule has 0 spiro atoms. The highest BCUT2D eigenvalue weighted by Crippen LogP contribution is 2.17. The summed E-state index contributed by atoms with van der Waals surface area (Å²) in [4.78, 5) is 26.0. The molecule has 0 aliphatic carbocycles. The predicted molar refractivity (Wildman–Crippen MR) is 78.3 cm³/mol. The van der Waals surface area contributed by atoms with E-state index in [1.54, 1.807) is 11.8 Å². The third-order valence-corrected chi connectivity index (χ3v) is 3.66. The molecule has 20 heavy (non-hydrogen) atoms. The van der Waals surface area contributed by atoms with Gasteiger partial charge in [-0.3, -0.25) is 9.59 Å². The van der Waals surface area contributed by atoms with Crippen LogP contribution in [0.15, 0.2) is 0 Å². The van der Waals surface area contributed by atoms with E-state index in [1.807, 2.05) is 6.92 Å². The van der Waals surface area contributed by atoms with Crippen molar-refractivity contribution in [2.75, 3.05) is 26.3 Å². The molecule has 1 saturated heterocycles. The number of rotatable bonds is 7. The van der Waals surface area contributed by atoms with Gasteiger partial charge in [0.1, 0.15) is 5.54 Å². The van der Waals surface area contributed by atoms with Crippen LogP contribution in [0, 0.1) is 5.92 Å². The van der Waals surface area contributed by atoms with E-state index in [4.69, 9.17) is 4.74 Å². The lowest BCUT2D eigenvalue weighted by molar-refractivity contribution is -0.138. The van der Waals surface area contributed by atoms with Crippen LogP contribution < -0.4 is 5.32 Å². The molecule has 1 N–H and O–H groups in total. The number of nitrogens with zero attached hydrogens (tertiary/aromatic N) is 1. The molecule has 1 aliphatic heterocycles. The Balaban J connectivity index is 2.47. The molecule has 5 nitrogen and oxygen atoms in total. The molecular formula is C15H28N2O3. The number of ether oxygens (including phenoxy) is 1. The summed E-state index contributed by atoms with van der Waals surface area (Å²) in [6.45, 7) is 10.5. The van der Waals surface area contributed by atoms with E-state index in [-0.39, 0.29) is 11.8 Å². The van der Waals surface area contributed by atoms with Gasteiger partial charge < -0.3 is 15.0 Å². The van der Waals surface area contributed by atoms with Gasteiger partial charge in [0.05, 0.1) is 0 Å². The molecule has 0 saturated carbocycles. The molecule has 1 atom stereocenters. The minimum atomic E-state index is -0.758. The van der Waals surface area contributed by atoms with Crippen LogP contribution in [0.4, 0.5) is 0 Å². The number of carbonyl (C=O) groups is 2. The van der Waals surface area contributed by atoms with Crippen LogP contribution in [0.3, 0.4) is 0 Å². The highest BCUT2D eigenvalue weighted by Gasteiger charge is 2.38. The van der Waals surface area contributed by atoms with E-state index < -0.39 is 5.54 Å². The first-order valence-corrected chi connectivity index (χ1v) is 7.57. The van der Waals surface area contributed by atoms with Crippen LogP contribution in [-0.2, 0) is 14.3 Å². The summed E-state index contributed by atoms with van der Waals surface area (Å²) >= 11 is 0. The number of hydrogen-bond acceptors (Lipinski definition) is 3. The van der Waals surface area contributed by atoms with Gasteiger partial charge in [-0.25, -0.2) is 0 Å². The lowest BCUT2D eigenvalue weighted by Gasteiger charge is -2.31. The second-order valence-corrected chi connectivity index (χ2v) is 6.10. The second kappa shape index (κ2) is 7.62. The zero-order valence-corrected chi connectivity index (χ0v) is 13.2. The quantitative estimate of drug-likeness (QED) is 0.722. The van der Waals surface area contributed by atoms with Crippen molar-refractivity contribution in [3.63, 3.8) is 0 Å². The first-order chi connectivity index (χ1) is 9.39. The Kier molecular flexibility index (Phi) is 6.46. The molecule has 116 valence electrons. The lowest BCUT2D eigenvalue weighted by atomic mass is 9.97. The lowest BCUT2D eigenvalue weighted by Crippen LogP contribution is -2.54. The van der Waals surface area contributed by atoms with Gasteiger partial charge in [0, 0.05) is 32.7 Å². The zero-order valence-electron chi connectivity index (χ0n) is 13.2. The van der Waals surface area contributed by atoms with E-state index in [9.17, 15) is 9.59 Å². The van der Waals surface area contributed by atoms with E-state index in [0.717, 1.165) is 13.0 Å². The SMILES string of the molecule is CCC1(C)NC(=O)CCN(CCCOCC(C)C)C1=O. The molecule has 5 heteroatoms. The summed E-state index contributed by atoms with van der Waals surface area (Å²) in [5.74, 6) is 0.510. The molecule has 2 amide bonds. The van der Waals surface area contributed by atoms with Crippen LogP contribution in [0.25, 0.3) is 0 Å². The Labute approximate surface area is 122 Å². The van der Waals surface area contributed by atoms with Crippen molar-refractivity contribution < 1.29 is 14.3 Å². The highest BCUT2D eigenvalue weighted by molar-refractivity contribution is 5.93. The van der Waals surface area contributed by atoms with E-state index in [2.05, 4.69) is 19.2 Å². The second-order valence-electron chi connectivity index (χ2n) is 6.10. The first-order valence-electron chi connectivity index (χ1n) is 7.57. The van der Waals surface area contributed by atoms with Crippen LogP contribution in [0.1, 0.15) is 47.0 Å². The van der Waals surface area contributed by atoms with Crippen molar-refractivity contribution in [1.29, 1.82) is 0 Å². The average molecular weight is 284 g/mol. The van der Waals surface area contributed by atoms with E-state index >= 15 is 0 Å². The van der Waals surface area contributed by atoms with Gasteiger partial charge in [-0.1, -0.05) is 20.8 Å². The minimum absolute atomic E-state index is 0.0229. The Morgan fingerprint density at radius 2 is 2.10 bits per heavy atom. The molecule has 0 aromatic rings. The molecule has 0 radical (unpaired) electrons. The van der Waals surface area contributed by atoms with Crippen LogP contribution in [0.5, 0.6) is 0 Å². The third kappa shape index (κ3) is 4.78. The number of hydrogen-bond donors (Lipinski definition) is 1. The van der Waals surface area contributed by atoms with Crippen LogP contribution >= 0.6 is 0 Å². The monoisotopic (exact) mass is 284 g/mol. The molecule has 1 fully saturated rings. The van der Waals surface area contributed by atoms with Gasteiger partial charge >= 0.3 is 0 Å². The van der Waals surface area contributed by atoms with Gasteiger partial charge in [0.15, 0.2) is 0 Å². The zero-order chi connectivity index (χ0) is 15.2. The normalized spacial score (nSPS) is 23.9. The number of carbonyl (C=O) groups excluding carboxylic acids is 2. The van der Waals surface area contributed by atoms with Gasteiger partial charge in [-0.05, 0) is 25.7 Å². The average Bonchev–Trinajstić information content (AvgIpc) is 2.49. The molecule has 0 aromatic heterocycles. The first kappa shape index (κ1) is 17.0. The largest absolute Gasteiger partial charge is 0.381 e. The molecule has 1 heterocycles. The third-order valence-electron chi connectivity index (χ3n) is 3.66. The highest BCUT2D eigenvalue weighted by atomic mass is 16.5. The molecule has 1 unspecified atom stereocenters. The fourth-order valence-corrected chi connectivity index (χ4v) is 2.24. The standard InChI is InChI=1S/C15H28N2O3/c1-5-15(4)14(19)17(9-7-13(18)16-15)8-6-10-20-11-12(2)3/h12H,5-11H2,1-4H3,(H,16,18). The maximum absolute atomic E-state index is 12.5. The van der Waals surface area contributed by atoms with Gasteiger partial charge in [-0.2, -0.15) is 0 Å². The molecule has 1 aliphatic rings. The summed E-state index contributed by atoms with van der Waals surface area (Å²) < 4.78 is 5.53. The Hall–Kier alpha value is -1.10. The maximum atomic E-state index is 12.5. The fraction of sp³-hybridized carbons (Fsp3) is 0.867. The summed E-state index contributed by atoms with van der Waals surface area (Å²) in [5.41, 5.74) is -0.758. The Bertz CT molecular complexity index is 344. The number of amides is 2. The molecule has 0 bridgehead atoms. The summed E-state index contributed by atoms with van der Waals surface area (Å²) in [6.07, 6.45) is 1.80. The van der Waals surface area contributed by atoms with E-state index in [0.29, 0.717) is 38.5 Å². The Morgan fingerprint density at radius 1 is 1.40 bits per heavy atom. The summed E-state index contributed by atoms with van der Waals surface area (Å²) in [5, 5.41) is 2.84. The van der Waals surface area contributed by atoms with Gasteiger partial charge in [-0.15, -0.1) is 0 Å². The van der Waals surface area contributed by atoms with Crippen molar-refractivity contribution in [3.05, 3.63) is 0 Å². The van der Waals surface area contributed by atoms with Crippen LogP contribution in [0.2, 0.25) is 0 Å². The van der Waals surface area contributed by atoms with Crippen molar-refractivity contribution in [1.82, 2.24) is 10.2 Å². The van der Waals surface area contributed by atoms with Crippen molar-refractivity contribution in [2.45, 2.75) is 52.5 Å². The summed E-state index contributed by atoms with van der Waals surface area (Å²) in [6, 6.07) is 0. The molecule has 0 aromatic carbocycles. The van der Waals surface area contributed by atoms with E-state index in [1.165, 1.54) is 0 Å². The molecular weight excluding hydrogens is 256 g/mol. The Morgan fingerprint density at radius 3 is 2.70 bits per heavy atom. The number of nitrogens with one attached hydrogen (secondary N) is 1. The topological polar surface area (TPSA) is 58.6 Å². The van der Waals surface area contributed by atoms with Crippen molar-refractivity contribution in [3.8, 4) is 0 Å².